The van der Waals surface area contributed by atoms with Crippen LogP contribution in [0.3, 0.4) is 0 Å². The molecule has 2 aromatic carbocycles. The third-order valence-electron chi connectivity index (χ3n) is 3.84. The summed E-state index contributed by atoms with van der Waals surface area (Å²) in [4.78, 5) is 34.9. The Hall–Kier alpha value is -3.60. The van der Waals surface area contributed by atoms with Crippen LogP contribution in [-0.4, -0.2) is 47.6 Å². The van der Waals surface area contributed by atoms with Crippen molar-refractivity contribution in [2.45, 2.75) is 11.8 Å². The molecule has 0 saturated heterocycles. The molecule has 2 rings (SSSR count). The SMILES string of the molecule is COC(=O)c1cc(C(=O)OC)cc(S(=O)(=O)Nc2cc(OC)ccc2NC(C)=O)c1. The molecule has 1 amide bonds. The molecule has 0 fully saturated rings. The third kappa shape index (κ3) is 5.26. The number of sulfonamides is 1. The molecular weight excluding hydrogens is 416 g/mol. The molecule has 0 heterocycles. The highest BCUT2D eigenvalue weighted by Gasteiger charge is 2.22. The molecule has 160 valence electrons. The number of rotatable bonds is 7. The molecule has 0 bridgehead atoms. The van der Waals surface area contributed by atoms with Crippen molar-refractivity contribution in [1.29, 1.82) is 0 Å². The van der Waals surface area contributed by atoms with E-state index in [1.165, 1.54) is 32.2 Å². The number of benzene rings is 2. The van der Waals surface area contributed by atoms with Crippen LogP contribution in [0.15, 0.2) is 41.3 Å². The number of anilines is 2. The van der Waals surface area contributed by atoms with Crippen molar-refractivity contribution < 1.29 is 37.0 Å². The van der Waals surface area contributed by atoms with Crippen molar-refractivity contribution in [2.75, 3.05) is 31.4 Å². The van der Waals surface area contributed by atoms with Crippen molar-refractivity contribution in [3.05, 3.63) is 47.5 Å². The highest BCUT2D eigenvalue weighted by molar-refractivity contribution is 7.92. The number of carbonyl (C=O) groups excluding carboxylic acids is 3. The zero-order chi connectivity index (χ0) is 22.5. The molecule has 11 heteroatoms. The van der Waals surface area contributed by atoms with E-state index in [0.29, 0.717) is 5.75 Å². The fraction of sp³-hybridized carbons (Fsp3) is 0.211. The Morgan fingerprint density at radius 1 is 0.833 bits per heavy atom. The Bertz CT molecular complexity index is 1060. The second kappa shape index (κ2) is 9.27. The summed E-state index contributed by atoms with van der Waals surface area (Å²) in [5, 5.41) is 2.51. The molecular formula is C19H20N2O8S. The number of ether oxygens (including phenoxy) is 3. The van der Waals surface area contributed by atoms with Gasteiger partial charge in [-0.25, -0.2) is 18.0 Å². The summed E-state index contributed by atoms with van der Waals surface area (Å²) in [6.07, 6.45) is 0. The van der Waals surface area contributed by atoms with E-state index in [4.69, 9.17) is 4.74 Å². The van der Waals surface area contributed by atoms with Gasteiger partial charge in [-0.2, -0.15) is 0 Å². The normalized spacial score (nSPS) is 10.7. The summed E-state index contributed by atoms with van der Waals surface area (Å²) >= 11 is 0. The van der Waals surface area contributed by atoms with E-state index in [1.54, 1.807) is 0 Å². The minimum Gasteiger partial charge on any atom is -0.497 e. The molecule has 0 spiro atoms. The van der Waals surface area contributed by atoms with Crippen molar-refractivity contribution in [3.63, 3.8) is 0 Å². The average molecular weight is 436 g/mol. The summed E-state index contributed by atoms with van der Waals surface area (Å²) < 4.78 is 42.6. The van der Waals surface area contributed by atoms with Gasteiger partial charge < -0.3 is 19.5 Å². The van der Waals surface area contributed by atoms with Gasteiger partial charge in [0, 0.05) is 13.0 Å². The van der Waals surface area contributed by atoms with Crippen LogP contribution in [0.1, 0.15) is 27.6 Å². The molecule has 0 atom stereocenters. The Kier molecular flexibility index (Phi) is 7.01. The zero-order valence-corrected chi connectivity index (χ0v) is 17.5. The van der Waals surface area contributed by atoms with E-state index in [9.17, 15) is 22.8 Å². The first-order valence-corrected chi connectivity index (χ1v) is 9.89. The molecule has 0 radical (unpaired) electrons. The van der Waals surface area contributed by atoms with Crippen LogP contribution in [0.5, 0.6) is 5.75 Å². The van der Waals surface area contributed by atoms with Gasteiger partial charge in [-0.3, -0.25) is 9.52 Å². The topological polar surface area (TPSA) is 137 Å². The summed E-state index contributed by atoms with van der Waals surface area (Å²) in [6, 6.07) is 7.63. The number of esters is 2. The number of methoxy groups -OCH3 is 3. The van der Waals surface area contributed by atoms with Crippen molar-refractivity contribution in [3.8, 4) is 5.75 Å². The van der Waals surface area contributed by atoms with Crippen molar-refractivity contribution in [1.82, 2.24) is 0 Å². The molecule has 0 aliphatic carbocycles. The van der Waals surface area contributed by atoms with Gasteiger partial charge in [-0.15, -0.1) is 0 Å². The van der Waals surface area contributed by atoms with E-state index < -0.39 is 27.9 Å². The maximum atomic E-state index is 13.0. The minimum absolute atomic E-state index is 0.0210. The Balaban J connectivity index is 2.57. The van der Waals surface area contributed by atoms with Crippen LogP contribution in [0.25, 0.3) is 0 Å². The van der Waals surface area contributed by atoms with Crippen LogP contribution in [0.4, 0.5) is 11.4 Å². The lowest BCUT2D eigenvalue weighted by Gasteiger charge is -2.15. The van der Waals surface area contributed by atoms with Gasteiger partial charge in [0.05, 0.1) is 48.7 Å². The molecule has 0 unspecified atom stereocenters. The van der Waals surface area contributed by atoms with E-state index in [2.05, 4.69) is 19.5 Å². The quantitative estimate of drug-likeness (QED) is 0.629. The largest absolute Gasteiger partial charge is 0.497 e. The smallest absolute Gasteiger partial charge is 0.337 e. The van der Waals surface area contributed by atoms with Crippen LogP contribution in [0, 0.1) is 0 Å². The van der Waals surface area contributed by atoms with Gasteiger partial charge >= 0.3 is 11.9 Å². The Morgan fingerprint density at radius 2 is 1.40 bits per heavy atom. The zero-order valence-electron chi connectivity index (χ0n) is 16.6. The molecule has 0 aliphatic rings. The Morgan fingerprint density at radius 3 is 1.87 bits per heavy atom. The van der Waals surface area contributed by atoms with Gasteiger partial charge in [0.2, 0.25) is 5.91 Å². The first kappa shape index (κ1) is 22.7. The van der Waals surface area contributed by atoms with Gasteiger partial charge in [0.25, 0.3) is 10.0 Å². The second-order valence-electron chi connectivity index (χ2n) is 5.93. The summed E-state index contributed by atoms with van der Waals surface area (Å²) in [6.45, 7) is 1.27. The molecule has 2 aromatic rings. The fourth-order valence-electron chi connectivity index (χ4n) is 2.46. The van der Waals surface area contributed by atoms with Gasteiger partial charge in [0.1, 0.15) is 5.75 Å². The number of hydrogen-bond acceptors (Lipinski definition) is 8. The minimum atomic E-state index is -4.30. The average Bonchev–Trinajstić information content (AvgIpc) is 2.72. The number of hydrogen-bond donors (Lipinski definition) is 2. The predicted molar refractivity (Wildman–Crippen MR) is 107 cm³/mol. The summed E-state index contributed by atoms with van der Waals surface area (Å²) in [5.41, 5.74) is -0.112. The lowest BCUT2D eigenvalue weighted by molar-refractivity contribution is -0.114. The first-order chi connectivity index (χ1) is 14.1. The van der Waals surface area contributed by atoms with Crippen molar-refractivity contribution in [2.24, 2.45) is 0 Å². The van der Waals surface area contributed by atoms with Crippen LogP contribution >= 0.6 is 0 Å². The second-order valence-corrected chi connectivity index (χ2v) is 7.61. The first-order valence-electron chi connectivity index (χ1n) is 8.41. The van der Waals surface area contributed by atoms with Crippen LogP contribution in [0.2, 0.25) is 0 Å². The summed E-state index contributed by atoms with van der Waals surface area (Å²) in [5.74, 6) is -1.75. The van der Waals surface area contributed by atoms with Gasteiger partial charge in [-0.1, -0.05) is 0 Å². The molecule has 0 aliphatic heterocycles. The van der Waals surface area contributed by atoms with Crippen molar-refractivity contribution >= 4 is 39.2 Å². The monoisotopic (exact) mass is 436 g/mol. The Labute approximate surface area is 173 Å². The maximum absolute atomic E-state index is 13.0. The number of amides is 1. The lowest BCUT2D eigenvalue weighted by Crippen LogP contribution is -2.17. The van der Waals surface area contributed by atoms with E-state index in [-0.39, 0.29) is 27.4 Å². The fourth-order valence-corrected chi connectivity index (χ4v) is 3.60. The number of nitrogens with one attached hydrogen (secondary N) is 2. The molecule has 0 aromatic heterocycles. The predicted octanol–water partition coefficient (Wildman–Crippen LogP) is 2.03. The molecule has 30 heavy (non-hydrogen) atoms. The van der Waals surface area contributed by atoms with Gasteiger partial charge in [0.15, 0.2) is 0 Å². The number of carbonyl (C=O) groups is 3. The van der Waals surface area contributed by atoms with E-state index in [1.807, 2.05) is 0 Å². The van der Waals surface area contributed by atoms with E-state index >= 15 is 0 Å². The van der Waals surface area contributed by atoms with E-state index in [0.717, 1.165) is 32.4 Å². The summed E-state index contributed by atoms with van der Waals surface area (Å²) in [7, 11) is -0.659. The lowest BCUT2D eigenvalue weighted by atomic mass is 10.1. The van der Waals surface area contributed by atoms with Gasteiger partial charge in [-0.05, 0) is 30.3 Å². The molecule has 10 nitrogen and oxygen atoms in total. The van der Waals surface area contributed by atoms with Crippen LogP contribution in [-0.2, 0) is 24.3 Å². The standard InChI is InChI=1S/C19H20N2O8S/c1-11(22)20-16-6-5-14(27-2)10-17(16)21-30(25,26)15-8-12(18(23)28-3)7-13(9-15)19(24)29-4/h5-10,21H,1-4H3,(H,20,22). The maximum Gasteiger partial charge on any atom is 0.337 e. The molecule has 2 N–H and O–H groups in total. The molecule has 0 saturated carbocycles. The third-order valence-corrected chi connectivity index (χ3v) is 5.19. The highest BCUT2D eigenvalue weighted by atomic mass is 32.2. The van der Waals surface area contributed by atoms with Crippen LogP contribution < -0.4 is 14.8 Å². The highest BCUT2D eigenvalue weighted by Crippen LogP contribution is 2.30.